The molecule has 148 valence electrons. The van der Waals surface area contributed by atoms with Crippen LogP contribution in [0.5, 0.6) is 5.75 Å². The zero-order chi connectivity index (χ0) is 20.2. The first kappa shape index (κ1) is 21.0. The fourth-order valence-electron chi connectivity index (χ4n) is 2.48. The second-order valence-corrected chi connectivity index (χ2v) is 6.01. The van der Waals surface area contributed by atoms with Gasteiger partial charge in [-0.05, 0) is 30.5 Å². The lowest BCUT2D eigenvalue weighted by molar-refractivity contribution is -0.145. The van der Waals surface area contributed by atoms with Crippen molar-refractivity contribution in [3.8, 4) is 5.75 Å². The van der Waals surface area contributed by atoms with Crippen molar-refractivity contribution in [3.63, 3.8) is 0 Å². The number of para-hydroxylation sites is 1. The van der Waals surface area contributed by atoms with Gasteiger partial charge in [-0.3, -0.25) is 25.2 Å². The number of amides is 2. The summed E-state index contributed by atoms with van der Waals surface area (Å²) in [5.74, 6) is -1.04. The lowest BCUT2D eigenvalue weighted by Crippen LogP contribution is -2.41. The zero-order valence-electron chi connectivity index (χ0n) is 15.8. The second kappa shape index (κ2) is 11.4. The lowest BCUT2D eigenvalue weighted by atomic mass is 10.1. The number of carbonyl (C=O) groups is 3. The molecule has 0 aliphatic carbocycles. The summed E-state index contributed by atoms with van der Waals surface area (Å²) >= 11 is 0. The molecular formula is C21H24N2O5. The Kier molecular flexibility index (Phi) is 8.52. The van der Waals surface area contributed by atoms with Crippen LogP contribution in [0.25, 0.3) is 0 Å². The van der Waals surface area contributed by atoms with Crippen LogP contribution in [0, 0.1) is 0 Å². The minimum atomic E-state index is -0.505. The van der Waals surface area contributed by atoms with E-state index in [1.165, 1.54) is 12.7 Å². The maximum absolute atomic E-state index is 12.1. The molecule has 7 nitrogen and oxygen atoms in total. The van der Waals surface area contributed by atoms with Gasteiger partial charge in [0, 0.05) is 6.42 Å². The number of esters is 1. The van der Waals surface area contributed by atoms with E-state index in [0.29, 0.717) is 17.9 Å². The van der Waals surface area contributed by atoms with E-state index in [1.807, 2.05) is 30.3 Å². The topological polar surface area (TPSA) is 93.7 Å². The van der Waals surface area contributed by atoms with Crippen LogP contribution in [-0.4, -0.2) is 31.5 Å². The molecule has 0 saturated carbocycles. The molecule has 0 aromatic heterocycles. The Balaban J connectivity index is 1.61. The number of rotatable bonds is 9. The molecule has 0 aliphatic rings. The number of hydrazine groups is 1. The third kappa shape index (κ3) is 7.11. The first-order valence-electron chi connectivity index (χ1n) is 9.02. The van der Waals surface area contributed by atoms with Crippen LogP contribution in [0.2, 0.25) is 0 Å². The average Bonchev–Trinajstić information content (AvgIpc) is 2.74. The lowest BCUT2D eigenvalue weighted by Gasteiger charge is -2.10. The van der Waals surface area contributed by atoms with Crippen molar-refractivity contribution in [2.75, 3.05) is 13.7 Å². The number of hydrogen-bond donors (Lipinski definition) is 2. The van der Waals surface area contributed by atoms with Gasteiger partial charge in [-0.25, -0.2) is 0 Å². The highest BCUT2D eigenvalue weighted by molar-refractivity contribution is 5.97. The number of nitrogens with one attached hydrogen (secondary N) is 2. The number of methoxy groups -OCH3 is 1. The van der Waals surface area contributed by atoms with E-state index in [0.717, 1.165) is 12.8 Å². The highest BCUT2D eigenvalue weighted by Gasteiger charge is 2.13. The highest BCUT2D eigenvalue weighted by atomic mass is 16.5. The minimum Gasteiger partial charge on any atom is -0.496 e. The summed E-state index contributed by atoms with van der Waals surface area (Å²) in [6.45, 7) is 0.305. The fourth-order valence-corrected chi connectivity index (χ4v) is 2.48. The maximum Gasteiger partial charge on any atom is 0.306 e. The van der Waals surface area contributed by atoms with E-state index in [9.17, 15) is 14.4 Å². The van der Waals surface area contributed by atoms with E-state index in [1.54, 1.807) is 24.3 Å². The van der Waals surface area contributed by atoms with Gasteiger partial charge >= 0.3 is 5.97 Å². The molecular weight excluding hydrogens is 360 g/mol. The number of carbonyl (C=O) groups excluding carboxylic acids is 3. The number of ether oxygens (including phenoxy) is 2. The van der Waals surface area contributed by atoms with Gasteiger partial charge in [0.1, 0.15) is 5.75 Å². The Hall–Kier alpha value is -3.35. The Morgan fingerprint density at radius 1 is 0.893 bits per heavy atom. The van der Waals surface area contributed by atoms with Crippen LogP contribution in [-0.2, 0) is 20.7 Å². The molecule has 0 spiro atoms. The molecule has 2 rings (SSSR count). The van der Waals surface area contributed by atoms with Crippen molar-refractivity contribution in [1.29, 1.82) is 0 Å². The Labute approximate surface area is 164 Å². The van der Waals surface area contributed by atoms with Crippen molar-refractivity contribution in [2.24, 2.45) is 0 Å². The molecule has 2 aromatic rings. The van der Waals surface area contributed by atoms with E-state index < -0.39 is 17.8 Å². The van der Waals surface area contributed by atoms with Crippen LogP contribution in [0.15, 0.2) is 54.6 Å². The number of aryl methyl sites for hydroxylation is 1. The molecule has 0 fully saturated rings. The summed E-state index contributed by atoms with van der Waals surface area (Å²) in [6, 6.07) is 16.6. The number of hydrogen-bond acceptors (Lipinski definition) is 5. The van der Waals surface area contributed by atoms with Gasteiger partial charge < -0.3 is 9.47 Å². The largest absolute Gasteiger partial charge is 0.496 e. The van der Waals surface area contributed by atoms with Crippen LogP contribution in [0.1, 0.15) is 35.2 Å². The van der Waals surface area contributed by atoms with E-state index in [2.05, 4.69) is 10.9 Å². The summed E-state index contributed by atoms with van der Waals surface area (Å²) in [7, 11) is 1.45. The van der Waals surface area contributed by atoms with Crippen LogP contribution < -0.4 is 15.6 Å². The van der Waals surface area contributed by atoms with Crippen molar-refractivity contribution in [1.82, 2.24) is 10.9 Å². The molecule has 2 N–H and O–H groups in total. The third-order valence-electron chi connectivity index (χ3n) is 3.94. The number of benzene rings is 2. The predicted octanol–water partition coefficient (Wildman–Crippen LogP) is 2.41. The van der Waals surface area contributed by atoms with Crippen LogP contribution in [0.3, 0.4) is 0 Å². The summed E-state index contributed by atoms with van der Waals surface area (Å²) in [4.78, 5) is 35.5. The van der Waals surface area contributed by atoms with Crippen molar-refractivity contribution >= 4 is 17.8 Å². The molecule has 2 aromatic carbocycles. The van der Waals surface area contributed by atoms with Gasteiger partial charge in [0.25, 0.3) is 5.91 Å². The highest BCUT2D eigenvalue weighted by Crippen LogP contribution is 2.16. The van der Waals surface area contributed by atoms with Crippen LogP contribution in [0.4, 0.5) is 0 Å². The molecule has 0 heterocycles. The van der Waals surface area contributed by atoms with Gasteiger partial charge in [-0.2, -0.15) is 0 Å². The van der Waals surface area contributed by atoms with Gasteiger partial charge in [0.15, 0.2) is 0 Å². The molecule has 0 atom stereocenters. The smallest absolute Gasteiger partial charge is 0.306 e. The standard InChI is InChI=1S/C21H24N2O5/c1-27-18-12-6-5-11-17(18)21(26)23-22-19(24)13-14-20(25)28-15-7-10-16-8-3-2-4-9-16/h2-6,8-9,11-12H,7,10,13-15H2,1H3,(H,22,24)(H,23,26). The molecule has 2 amide bonds. The molecule has 0 bridgehead atoms. The minimum absolute atomic E-state index is 0.0539. The van der Waals surface area contributed by atoms with E-state index in [-0.39, 0.29) is 12.8 Å². The SMILES string of the molecule is COc1ccccc1C(=O)NNC(=O)CCC(=O)OCCCc1ccccc1. The summed E-state index contributed by atoms with van der Waals surface area (Å²) in [6.07, 6.45) is 1.41. The zero-order valence-corrected chi connectivity index (χ0v) is 15.8. The first-order chi connectivity index (χ1) is 13.6. The fraction of sp³-hybridized carbons (Fsp3) is 0.286. The van der Waals surface area contributed by atoms with Crippen LogP contribution >= 0.6 is 0 Å². The molecule has 0 aliphatic heterocycles. The molecule has 28 heavy (non-hydrogen) atoms. The predicted molar refractivity (Wildman–Crippen MR) is 104 cm³/mol. The van der Waals surface area contributed by atoms with Crippen molar-refractivity contribution in [2.45, 2.75) is 25.7 Å². The Bertz CT molecular complexity index is 792. The summed E-state index contributed by atoms with van der Waals surface area (Å²) in [5, 5.41) is 0. The van der Waals surface area contributed by atoms with Gasteiger partial charge in [0.2, 0.25) is 5.91 Å². The third-order valence-corrected chi connectivity index (χ3v) is 3.94. The van der Waals surface area contributed by atoms with Gasteiger partial charge in [-0.1, -0.05) is 42.5 Å². The van der Waals surface area contributed by atoms with E-state index >= 15 is 0 Å². The molecule has 0 saturated heterocycles. The first-order valence-corrected chi connectivity index (χ1v) is 9.02. The normalized spacial score (nSPS) is 10.0. The molecule has 0 unspecified atom stereocenters. The monoisotopic (exact) mass is 384 g/mol. The summed E-state index contributed by atoms with van der Waals surface area (Å²) in [5.41, 5.74) is 6.05. The Morgan fingerprint density at radius 2 is 1.61 bits per heavy atom. The quantitative estimate of drug-likeness (QED) is 0.393. The Morgan fingerprint density at radius 3 is 2.36 bits per heavy atom. The maximum atomic E-state index is 12.1. The van der Waals surface area contributed by atoms with Gasteiger partial charge in [-0.15, -0.1) is 0 Å². The van der Waals surface area contributed by atoms with E-state index in [4.69, 9.17) is 9.47 Å². The van der Waals surface area contributed by atoms with Gasteiger partial charge in [0.05, 0.1) is 25.7 Å². The molecule has 0 radical (unpaired) electrons. The summed E-state index contributed by atoms with van der Waals surface area (Å²) < 4.78 is 10.2. The molecule has 7 heteroatoms. The average molecular weight is 384 g/mol. The van der Waals surface area contributed by atoms with Crippen molar-refractivity contribution < 1.29 is 23.9 Å². The van der Waals surface area contributed by atoms with Crippen molar-refractivity contribution in [3.05, 3.63) is 65.7 Å². The second-order valence-electron chi connectivity index (χ2n) is 6.01.